The van der Waals surface area contributed by atoms with Crippen LogP contribution in [0.4, 0.5) is 8.78 Å². The van der Waals surface area contributed by atoms with Crippen molar-refractivity contribution in [3.63, 3.8) is 0 Å². The van der Waals surface area contributed by atoms with Gasteiger partial charge in [0.05, 0.1) is 6.61 Å². The van der Waals surface area contributed by atoms with Crippen molar-refractivity contribution in [2.45, 2.75) is 32.7 Å². The molecule has 3 nitrogen and oxygen atoms in total. The van der Waals surface area contributed by atoms with Crippen LogP contribution >= 0.6 is 0 Å². The van der Waals surface area contributed by atoms with Crippen LogP contribution in [0.3, 0.4) is 0 Å². The zero-order valence-electron chi connectivity index (χ0n) is 8.09. The fraction of sp³-hybridized carbons (Fsp3) is 0.667. The average Bonchev–Trinajstić information content (AvgIpc) is 2.16. The Morgan fingerprint density at radius 2 is 2.36 bits per heavy atom. The van der Waals surface area contributed by atoms with E-state index in [-0.39, 0.29) is 5.90 Å². The first kappa shape index (κ1) is 10.9. The third-order valence-corrected chi connectivity index (χ3v) is 2.05. The molecular formula is C9H14F2N2O. The van der Waals surface area contributed by atoms with Crippen LogP contribution in [0.15, 0.2) is 16.3 Å². The monoisotopic (exact) mass is 204 g/mol. The van der Waals surface area contributed by atoms with Crippen LogP contribution in [0.25, 0.3) is 0 Å². The van der Waals surface area contributed by atoms with Gasteiger partial charge in [-0.15, -0.1) is 0 Å². The van der Waals surface area contributed by atoms with E-state index in [9.17, 15) is 8.78 Å². The smallest absolute Gasteiger partial charge is 0.334 e. The largest absolute Gasteiger partial charge is 0.478 e. The summed E-state index contributed by atoms with van der Waals surface area (Å²) in [7, 11) is 0. The molecule has 5 heteroatoms. The maximum atomic E-state index is 12.0. The molecule has 0 aromatic rings. The molecule has 0 saturated carbocycles. The Labute approximate surface area is 81.6 Å². The summed E-state index contributed by atoms with van der Waals surface area (Å²) < 4.78 is 29.1. The Morgan fingerprint density at radius 1 is 1.64 bits per heavy atom. The van der Waals surface area contributed by atoms with Gasteiger partial charge in [0.2, 0.25) is 5.90 Å². The lowest BCUT2D eigenvalue weighted by molar-refractivity contribution is 0.152. The number of ether oxygens (including phenoxy) is 1. The molecular weight excluding hydrogens is 190 g/mol. The highest BCUT2D eigenvalue weighted by molar-refractivity contribution is 5.94. The molecule has 1 fully saturated rings. The first-order valence-electron chi connectivity index (χ1n) is 4.61. The molecule has 0 spiro atoms. The van der Waals surface area contributed by atoms with Gasteiger partial charge in [-0.25, -0.2) is 0 Å². The van der Waals surface area contributed by atoms with Gasteiger partial charge >= 0.3 is 6.55 Å². The third-order valence-electron chi connectivity index (χ3n) is 2.05. The van der Waals surface area contributed by atoms with Crippen molar-refractivity contribution >= 4 is 5.90 Å². The van der Waals surface area contributed by atoms with Crippen molar-refractivity contribution in [3.8, 4) is 0 Å². The molecule has 2 N–H and O–H groups in total. The number of rotatable bonds is 2. The van der Waals surface area contributed by atoms with E-state index >= 15 is 0 Å². The molecule has 0 aromatic heterocycles. The predicted molar refractivity (Wildman–Crippen MR) is 50.1 cm³/mol. The van der Waals surface area contributed by atoms with Crippen molar-refractivity contribution in [2.75, 3.05) is 6.61 Å². The molecule has 0 radical (unpaired) electrons. The lowest BCUT2D eigenvalue weighted by atomic mass is 10.0. The van der Waals surface area contributed by atoms with Gasteiger partial charge < -0.3 is 10.5 Å². The van der Waals surface area contributed by atoms with Crippen LogP contribution in [0.5, 0.6) is 0 Å². The van der Waals surface area contributed by atoms with E-state index in [0.717, 1.165) is 6.42 Å². The highest BCUT2D eigenvalue weighted by Gasteiger charge is 2.18. The summed E-state index contributed by atoms with van der Waals surface area (Å²) in [5.74, 6) is 0.0191. The molecule has 1 rings (SSSR count). The fourth-order valence-corrected chi connectivity index (χ4v) is 1.33. The summed E-state index contributed by atoms with van der Waals surface area (Å²) >= 11 is 0. The zero-order chi connectivity index (χ0) is 10.6. The van der Waals surface area contributed by atoms with E-state index in [0.29, 0.717) is 30.7 Å². The molecule has 1 heterocycles. The molecule has 1 aliphatic rings. The number of hydrogen-bond acceptors (Lipinski definition) is 3. The van der Waals surface area contributed by atoms with E-state index in [1.54, 1.807) is 0 Å². The summed E-state index contributed by atoms with van der Waals surface area (Å²) in [4.78, 5) is 3.11. The Hall–Kier alpha value is -1.13. The molecule has 80 valence electrons. The lowest BCUT2D eigenvalue weighted by Crippen LogP contribution is -2.21. The first-order valence-corrected chi connectivity index (χ1v) is 4.61. The molecule has 0 bridgehead atoms. The van der Waals surface area contributed by atoms with Crippen LogP contribution in [-0.4, -0.2) is 19.1 Å². The topological polar surface area (TPSA) is 47.6 Å². The number of nitrogens with zero attached hydrogens (tertiary/aromatic N) is 1. The predicted octanol–water partition coefficient (Wildman–Crippen LogP) is 2.04. The van der Waals surface area contributed by atoms with Crippen molar-refractivity contribution in [3.05, 3.63) is 11.3 Å². The summed E-state index contributed by atoms with van der Waals surface area (Å²) in [6.07, 6.45) is 2.10. The van der Waals surface area contributed by atoms with Crippen LogP contribution in [0.1, 0.15) is 26.2 Å². The Kier molecular flexibility index (Phi) is 3.85. The Morgan fingerprint density at radius 3 is 2.93 bits per heavy atom. The maximum absolute atomic E-state index is 12.0. The first-order chi connectivity index (χ1) is 6.65. The molecule has 0 amide bonds. The highest BCUT2D eigenvalue weighted by Crippen LogP contribution is 2.19. The van der Waals surface area contributed by atoms with Crippen LogP contribution in [-0.2, 0) is 4.74 Å². The number of alkyl halides is 2. The standard InChI is InChI=1S/C9H14F2N2O/c1-2-7(12)6-4-3-5-14-8(6)13-9(10)11/h9H,2-5,12H2,1H3/b7-6-,13-8-. The van der Waals surface area contributed by atoms with Gasteiger partial charge in [-0.3, -0.25) is 0 Å². The van der Waals surface area contributed by atoms with Crippen molar-refractivity contribution in [1.82, 2.24) is 0 Å². The van der Waals surface area contributed by atoms with Crippen LogP contribution in [0.2, 0.25) is 0 Å². The van der Waals surface area contributed by atoms with Crippen LogP contribution in [0, 0.1) is 0 Å². The summed E-state index contributed by atoms with van der Waals surface area (Å²) in [5, 5.41) is 0. The van der Waals surface area contributed by atoms with Crippen LogP contribution < -0.4 is 5.73 Å². The third kappa shape index (κ3) is 2.68. The van der Waals surface area contributed by atoms with Gasteiger partial charge in [0.1, 0.15) is 0 Å². The van der Waals surface area contributed by atoms with Gasteiger partial charge in [0, 0.05) is 11.3 Å². The molecule has 0 aliphatic carbocycles. The number of aliphatic imine (C=N–C) groups is 1. The molecule has 1 saturated heterocycles. The lowest BCUT2D eigenvalue weighted by Gasteiger charge is -2.19. The van der Waals surface area contributed by atoms with Gasteiger partial charge in [-0.2, -0.15) is 13.8 Å². The SMILES string of the molecule is CC/C(N)=C1\CCCO\C1=N/C(F)F. The number of halogens is 2. The molecule has 1 aliphatic heterocycles. The van der Waals surface area contributed by atoms with Crippen molar-refractivity contribution in [2.24, 2.45) is 10.7 Å². The van der Waals surface area contributed by atoms with Gasteiger partial charge in [-0.05, 0) is 19.3 Å². The maximum Gasteiger partial charge on any atom is 0.334 e. The molecule has 0 unspecified atom stereocenters. The number of nitrogens with two attached hydrogens (primary N) is 1. The summed E-state index contributed by atoms with van der Waals surface area (Å²) in [6, 6.07) is 0. The Balaban J connectivity index is 2.90. The van der Waals surface area contributed by atoms with E-state index in [1.165, 1.54) is 0 Å². The fourth-order valence-electron chi connectivity index (χ4n) is 1.33. The van der Waals surface area contributed by atoms with Gasteiger partial charge in [0.25, 0.3) is 0 Å². The second kappa shape index (κ2) is 4.93. The number of allylic oxidation sites excluding steroid dienone is 1. The quantitative estimate of drug-likeness (QED) is 0.700. The minimum atomic E-state index is -2.73. The zero-order valence-corrected chi connectivity index (χ0v) is 8.09. The van der Waals surface area contributed by atoms with Gasteiger partial charge in [-0.1, -0.05) is 6.92 Å². The van der Waals surface area contributed by atoms with Gasteiger partial charge in [0.15, 0.2) is 0 Å². The average molecular weight is 204 g/mol. The normalized spacial score (nSPS) is 23.9. The Bertz CT molecular complexity index is 262. The number of hydrogen-bond donors (Lipinski definition) is 1. The van der Waals surface area contributed by atoms with Crippen molar-refractivity contribution in [1.29, 1.82) is 0 Å². The minimum Gasteiger partial charge on any atom is -0.478 e. The molecule has 0 aromatic carbocycles. The molecule has 14 heavy (non-hydrogen) atoms. The van der Waals surface area contributed by atoms with E-state index in [1.807, 2.05) is 6.92 Å². The van der Waals surface area contributed by atoms with E-state index in [4.69, 9.17) is 10.5 Å². The summed E-state index contributed by atoms with van der Waals surface area (Å²) in [6.45, 7) is -0.425. The van der Waals surface area contributed by atoms with Crippen molar-refractivity contribution < 1.29 is 13.5 Å². The minimum absolute atomic E-state index is 0.0191. The summed E-state index contributed by atoms with van der Waals surface area (Å²) in [5.41, 5.74) is 6.91. The molecule has 0 atom stereocenters. The van der Waals surface area contributed by atoms with E-state index < -0.39 is 6.55 Å². The van der Waals surface area contributed by atoms with E-state index in [2.05, 4.69) is 4.99 Å². The second-order valence-corrected chi connectivity index (χ2v) is 3.02. The highest BCUT2D eigenvalue weighted by atomic mass is 19.3. The second-order valence-electron chi connectivity index (χ2n) is 3.02.